The molecule has 8 rings (SSSR count). The Balaban J connectivity index is 1.25. The molecule has 0 radical (unpaired) electrons. The zero-order valence-corrected chi connectivity index (χ0v) is 28.0. The maximum atomic E-state index is 14.9. The third-order valence-corrected chi connectivity index (χ3v) is 11.0. The molecule has 0 spiro atoms. The molecule has 2 aliphatic rings. The Hall–Kier alpha value is -4.71. The van der Waals surface area contributed by atoms with Crippen molar-refractivity contribution in [1.29, 1.82) is 0 Å². The topological polar surface area (TPSA) is 112 Å². The first-order valence-electron chi connectivity index (χ1n) is 17.1. The van der Waals surface area contributed by atoms with Gasteiger partial charge in [0.15, 0.2) is 0 Å². The van der Waals surface area contributed by atoms with Gasteiger partial charge < -0.3 is 10.6 Å². The summed E-state index contributed by atoms with van der Waals surface area (Å²) in [5.41, 5.74) is 0.482. The monoisotopic (exact) mass is 676 g/mol. The van der Waals surface area contributed by atoms with Crippen molar-refractivity contribution in [3.05, 3.63) is 122 Å². The summed E-state index contributed by atoms with van der Waals surface area (Å²) in [6.45, 7) is 0. The fourth-order valence-corrected chi connectivity index (χ4v) is 9.07. The van der Waals surface area contributed by atoms with E-state index < -0.39 is 33.9 Å². The standard InChI is InChI=1S/C38H40N6O4S/c45-49(46,47-37(43-33-21-9-7-15-29(33)27-39-43)25-13-11-23-35(37)41-31-17-3-1-4-18-31)48-38(44-34-22-10-8-16-30(34)28-40-44)26-14-12-24-36(38)42-32-19-5-2-6-20-32/h1-10,15-22,27-28,35-36,41-42H,11-14,23-26H2. The zero-order chi connectivity index (χ0) is 33.3. The average Bonchev–Trinajstić information content (AvgIpc) is 3.76. The molecule has 2 aromatic heterocycles. The van der Waals surface area contributed by atoms with Gasteiger partial charge in [0.05, 0.1) is 35.5 Å². The molecule has 0 bridgehead atoms. The van der Waals surface area contributed by atoms with Crippen molar-refractivity contribution in [2.45, 2.75) is 74.9 Å². The highest BCUT2D eigenvalue weighted by Gasteiger charge is 2.54. The van der Waals surface area contributed by atoms with Crippen molar-refractivity contribution in [3.8, 4) is 0 Å². The number of hydrogen-bond donors (Lipinski definition) is 2. The van der Waals surface area contributed by atoms with E-state index in [9.17, 15) is 8.42 Å². The molecule has 2 N–H and O–H groups in total. The Labute approximate surface area is 286 Å². The van der Waals surface area contributed by atoms with Gasteiger partial charge in [-0.15, -0.1) is 0 Å². The van der Waals surface area contributed by atoms with Gasteiger partial charge in [0, 0.05) is 35.0 Å². The average molecular weight is 677 g/mol. The van der Waals surface area contributed by atoms with E-state index in [0.29, 0.717) is 25.7 Å². The van der Waals surface area contributed by atoms with E-state index in [1.807, 2.05) is 109 Å². The molecule has 0 saturated heterocycles. The molecule has 4 atom stereocenters. The van der Waals surface area contributed by atoms with Crippen LogP contribution in [0, 0.1) is 0 Å². The lowest BCUT2D eigenvalue weighted by Crippen LogP contribution is -2.57. The largest absolute Gasteiger partial charge is 0.404 e. The van der Waals surface area contributed by atoms with E-state index in [-0.39, 0.29) is 0 Å². The molecule has 11 heteroatoms. The lowest BCUT2D eigenvalue weighted by Gasteiger charge is -2.46. The number of hydrogen-bond acceptors (Lipinski definition) is 8. The predicted octanol–water partition coefficient (Wildman–Crippen LogP) is 7.78. The Morgan fingerprint density at radius 1 is 0.571 bits per heavy atom. The van der Waals surface area contributed by atoms with Crippen LogP contribution in [0.2, 0.25) is 0 Å². The second kappa shape index (κ2) is 13.0. The maximum Gasteiger partial charge on any atom is 0.404 e. The maximum absolute atomic E-state index is 14.9. The highest BCUT2D eigenvalue weighted by Crippen LogP contribution is 2.45. The molecule has 10 nitrogen and oxygen atoms in total. The number of nitrogens with one attached hydrogen (secondary N) is 2. The molecule has 49 heavy (non-hydrogen) atoms. The van der Waals surface area contributed by atoms with Gasteiger partial charge in [-0.1, -0.05) is 85.6 Å². The van der Waals surface area contributed by atoms with Gasteiger partial charge >= 0.3 is 10.4 Å². The minimum Gasteiger partial charge on any atom is -0.377 e. The molecule has 2 aliphatic carbocycles. The summed E-state index contributed by atoms with van der Waals surface area (Å²) in [5.74, 6) is 0. The van der Waals surface area contributed by atoms with Crippen molar-refractivity contribution in [2.75, 3.05) is 10.6 Å². The summed E-state index contributed by atoms with van der Waals surface area (Å²) >= 11 is 0. The lowest BCUT2D eigenvalue weighted by molar-refractivity contribution is -0.105. The molecule has 2 saturated carbocycles. The van der Waals surface area contributed by atoms with Crippen molar-refractivity contribution in [1.82, 2.24) is 19.6 Å². The highest BCUT2D eigenvalue weighted by molar-refractivity contribution is 7.81. The molecule has 252 valence electrons. The first kappa shape index (κ1) is 31.6. The summed E-state index contributed by atoms with van der Waals surface area (Å²) in [5, 5.41) is 18.6. The third kappa shape index (κ3) is 5.96. The van der Waals surface area contributed by atoms with E-state index in [2.05, 4.69) is 10.6 Å². The smallest absolute Gasteiger partial charge is 0.377 e. The van der Waals surface area contributed by atoms with Crippen LogP contribution in [0.25, 0.3) is 21.8 Å². The van der Waals surface area contributed by atoms with Gasteiger partial charge in [0.2, 0.25) is 11.4 Å². The molecular weight excluding hydrogens is 637 g/mol. The number of para-hydroxylation sites is 4. The van der Waals surface area contributed by atoms with Crippen molar-refractivity contribution in [3.63, 3.8) is 0 Å². The van der Waals surface area contributed by atoms with E-state index in [4.69, 9.17) is 18.6 Å². The lowest BCUT2D eigenvalue weighted by atomic mass is 9.86. The fourth-order valence-electron chi connectivity index (χ4n) is 7.79. The minimum absolute atomic E-state index is 0.412. The van der Waals surface area contributed by atoms with Crippen LogP contribution in [0.4, 0.5) is 11.4 Å². The van der Waals surface area contributed by atoms with Crippen molar-refractivity contribution in [2.24, 2.45) is 0 Å². The van der Waals surface area contributed by atoms with Crippen molar-refractivity contribution < 1.29 is 16.8 Å². The highest BCUT2D eigenvalue weighted by atomic mass is 32.3. The molecule has 4 aromatic carbocycles. The fraction of sp³-hybridized carbons (Fsp3) is 0.316. The van der Waals surface area contributed by atoms with Crippen LogP contribution in [-0.4, -0.2) is 40.1 Å². The Morgan fingerprint density at radius 3 is 1.43 bits per heavy atom. The van der Waals surface area contributed by atoms with E-state index in [0.717, 1.165) is 58.9 Å². The van der Waals surface area contributed by atoms with E-state index in [1.54, 1.807) is 21.8 Å². The summed E-state index contributed by atoms with van der Waals surface area (Å²) < 4.78 is 46.3. The molecule has 6 aromatic rings. The first-order valence-corrected chi connectivity index (χ1v) is 18.5. The number of benzene rings is 4. The molecular formula is C38H40N6O4S. The van der Waals surface area contributed by atoms with Crippen LogP contribution in [0.5, 0.6) is 0 Å². The Morgan fingerprint density at radius 2 is 0.980 bits per heavy atom. The molecule has 0 aliphatic heterocycles. The predicted molar refractivity (Wildman–Crippen MR) is 191 cm³/mol. The van der Waals surface area contributed by atoms with Crippen LogP contribution in [0.3, 0.4) is 0 Å². The first-order chi connectivity index (χ1) is 24.0. The summed E-state index contributed by atoms with van der Waals surface area (Å²) in [6.07, 6.45) is 9.01. The molecule has 2 fully saturated rings. The van der Waals surface area contributed by atoms with E-state index in [1.165, 1.54) is 0 Å². The summed E-state index contributed by atoms with van der Waals surface area (Å²) in [6, 6.07) is 34.4. The van der Waals surface area contributed by atoms with Gasteiger partial charge in [-0.25, -0.2) is 17.7 Å². The zero-order valence-electron chi connectivity index (χ0n) is 27.2. The van der Waals surface area contributed by atoms with Crippen LogP contribution < -0.4 is 10.6 Å². The number of aromatic nitrogens is 4. The van der Waals surface area contributed by atoms with E-state index >= 15 is 0 Å². The normalized spacial score (nSPS) is 24.6. The van der Waals surface area contributed by atoms with Crippen LogP contribution >= 0.6 is 0 Å². The van der Waals surface area contributed by atoms with Gasteiger partial charge in [-0.2, -0.15) is 18.6 Å². The quantitative estimate of drug-likeness (QED) is 0.151. The molecule has 0 amide bonds. The Bertz CT molecular complexity index is 2010. The number of anilines is 2. The molecule has 2 heterocycles. The van der Waals surface area contributed by atoms with Gasteiger partial charge in [0.1, 0.15) is 0 Å². The summed E-state index contributed by atoms with van der Waals surface area (Å²) in [7, 11) is -4.74. The minimum atomic E-state index is -4.74. The SMILES string of the molecule is O=S(=O)(OC1(n2ncc3ccccc32)CCCCC1Nc1ccccc1)OC1(n2ncc3ccccc32)CCCCC1Nc1ccccc1. The number of rotatable bonds is 10. The Kier molecular flexibility index (Phi) is 8.35. The van der Waals surface area contributed by atoms with Gasteiger partial charge in [-0.05, 0) is 62.1 Å². The van der Waals surface area contributed by atoms with Crippen molar-refractivity contribution >= 4 is 43.6 Å². The summed E-state index contributed by atoms with van der Waals surface area (Å²) in [4.78, 5) is 0. The molecule has 4 unspecified atom stereocenters. The van der Waals surface area contributed by atoms with Crippen LogP contribution in [-0.2, 0) is 30.2 Å². The van der Waals surface area contributed by atoms with Gasteiger partial charge in [0.25, 0.3) is 0 Å². The second-order valence-corrected chi connectivity index (χ2v) is 14.3. The van der Waals surface area contributed by atoms with Crippen LogP contribution in [0.1, 0.15) is 51.4 Å². The van der Waals surface area contributed by atoms with Crippen LogP contribution in [0.15, 0.2) is 122 Å². The number of fused-ring (bicyclic) bond motifs is 2. The van der Waals surface area contributed by atoms with Gasteiger partial charge in [-0.3, -0.25) is 0 Å². The second-order valence-electron chi connectivity index (χ2n) is 13.1. The number of nitrogens with zero attached hydrogens (tertiary/aromatic N) is 4. The third-order valence-electron chi connectivity index (χ3n) is 10.0.